The quantitative estimate of drug-likeness (QED) is 0.492. The summed E-state index contributed by atoms with van der Waals surface area (Å²) < 4.78 is 2.65. The largest absolute Gasteiger partial charge is 0.392 e. The summed E-state index contributed by atoms with van der Waals surface area (Å²) in [4.78, 5) is 5.15. The molecule has 1 aliphatic heterocycles. The van der Waals surface area contributed by atoms with E-state index in [1.807, 2.05) is 16.7 Å². The van der Waals surface area contributed by atoms with E-state index >= 15 is 0 Å². The molecule has 0 amide bonds. The molecule has 0 radical (unpaired) electrons. The van der Waals surface area contributed by atoms with E-state index in [2.05, 4.69) is 32.9 Å². The number of thioether (sulfide) groups is 1. The Morgan fingerprint density at radius 2 is 2.48 bits per heavy atom. The molecular formula is C13H18IN3O2S2. The summed E-state index contributed by atoms with van der Waals surface area (Å²) in [6, 6.07) is -0.0461. The van der Waals surface area contributed by atoms with Gasteiger partial charge in [-0.3, -0.25) is 4.40 Å². The van der Waals surface area contributed by atoms with Crippen LogP contribution in [-0.2, 0) is 0 Å². The second-order valence-electron chi connectivity index (χ2n) is 5.39. The summed E-state index contributed by atoms with van der Waals surface area (Å²) in [5, 5.41) is 26.2. The van der Waals surface area contributed by atoms with Crippen molar-refractivity contribution in [2.45, 2.75) is 36.3 Å². The molecule has 2 aromatic rings. The molecule has 5 nitrogen and oxygen atoms in total. The highest BCUT2D eigenvalue weighted by Crippen LogP contribution is 2.41. The van der Waals surface area contributed by atoms with Crippen LogP contribution in [0.5, 0.6) is 0 Å². The number of thiazole rings is 1. The Morgan fingerprint density at radius 3 is 3.19 bits per heavy atom. The SMILES string of the molecule is C[C@@H](O)[C@@]1(SCI)CN[C@H]([C@H](O)c2csc3cncn23)C1. The minimum Gasteiger partial charge on any atom is -0.392 e. The highest BCUT2D eigenvalue weighted by atomic mass is 127. The summed E-state index contributed by atoms with van der Waals surface area (Å²) in [6.07, 6.45) is 3.29. The van der Waals surface area contributed by atoms with Gasteiger partial charge in [-0.25, -0.2) is 4.98 Å². The molecule has 1 aliphatic rings. The molecule has 21 heavy (non-hydrogen) atoms. The summed E-state index contributed by atoms with van der Waals surface area (Å²) in [5.74, 6) is 0. The number of aromatic nitrogens is 2. The standard InChI is InChI=1S/C13H18IN3O2S2/c1-8(18)13(21-6-14)2-9(16-5-13)12(19)10-4-20-11-3-15-7-17(10)11/h3-4,7-9,12,16,18-19H,2,5-6H2,1H3/t8-,9+,12+,13+/m1/s1. The van der Waals surface area contributed by atoms with Gasteiger partial charge in [0.2, 0.25) is 0 Å². The van der Waals surface area contributed by atoms with E-state index in [0.29, 0.717) is 0 Å². The van der Waals surface area contributed by atoms with Gasteiger partial charge < -0.3 is 15.5 Å². The van der Waals surface area contributed by atoms with Crippen molar-refractivity contribution in [1.29, 1.82) is 0 Å². The van der Waals surface area contributed by atoms with Crippen molar-refractivity contribution in [2.75, 3.05) is 10.3 Å². The van der Waals surface area contributed by atoms with Crippen LogP contribution in [0.4, 0.5) is 0 Å². The number of aliphatic hydroxyl groups excluding tert-OH is 2. The maximum Gasteiger partial charge on any atom is 0.119 e. The molecule has 2 aromatic heterocycles. The first-order chi connectivity index (χ1) is 10.1. The molecule has 116 valence electrons. The number of nitrogens with zero attached hydrogens (tertiary/aromatic N) is 2. The van der Waals surface area contributed by atoms with Gasteiger partial charge in [-0.2, -0.15) is 0 Å². The molecule has 0 saturated carbocycles. The van der Waals surface area contributed by atoms with Crippen LogP contribution in [0.2, 0.25) is 0 Å². The Balaban J connectivity index is 1.81. The minimum absolute atomic E-state index is 0.0461. The molecule has 4 atom stereocenters. The number of rotatable bonds is 5. The van der Waals surface area contributed by atoms with Crippen molar-refractivity contribution in [3.05, 3.63) is 23.6 Å². The molecule has 3 N–H and O–H groups in total. The second-order valence-corrected chi connectivity index (χ2v) is 9.47. The average molecular weight is 439 g/mol. The lowest BCUT2D eigenvalue weighted by molar-refractivity contribution is 0.121. The molecule has 3 rings (SSSR count). The first-order valence-corrected chi connectivity index (χ1v) is 10.2. The fraction of sp³-hybridized carbons (Fsp3) is 0.615. The fourth-order valence-corrected chi connectivity index (χ4v) is 6.55. The van der Waals surface area contributed by atoms with Gasteiger partial charge in [0.05, 0.1) is 22.7 Å². The molecule has 0 aliphatic carbocycles. The van der Waals surface area contributed by atoms with E-state index in [4.69, 9.17) is 0 Å². The number of hydrogen-bond acceptors (Lipinski definition) is 6. The normalized spacial score (nSPS) is 29.0. The van der Waals surface area contributed by atoms with Crippen molar-refractivity contribution < 1.29 is 10.2 Å². The number of fused-ring (bicyclic) bond motifs is 1. The monoisotopic (exact) mass is 439 g/mol. The first-order valence-electron chi connectivity index (χ1n) is 6.76. The zero-order valence-corrected chi connectivity index (χ0v) is 15.4. The maximum absolute atomic E-state index is 10.7. The van der Waals surface area contributed by atoms with E-state index in [9.17, 15) is 10.2 Å². The topological polar surface area (TPSA) is 69.8 Å². The van der Waals surface area contributed by atoms with E-state index in [0.717, 1.165) is 27.2 Å². The van der Waals surface area contributed by atoms with Gasteiger partial charge >= 0.3 is 0 Å². The van der Waals surface area contributed by atoms with Crippen LogP contribution in [0.15, 0.2) is 17.9 Å². The Kier molecular flexibility index (Phi) is 4.82. The highest BCUT2D eigenvalue weighted by molar-refractivity contribution is 14.1. The first kappa shape index (κ1) is 16.0. The van der Waals surface area contributed by atoms with Gasteiger partial charge in [0.15, 0.2) is 0 Å². The number of aliphatic hydroxyl groups is 2. The molecule has 3 heterocycles. The van der Waals surface area contributed by atoms with Gasteiger partial charge in [-0.1, -0.05) is 22.6 Å². The Labute approximate surface area is 145 Å². The Morgan fingerprint density at radius 1 is 1.67 bits per heavy atom. The number of halogens is 1. The summed E-state index contributed by atoms with van der Waals surface area (Å²) in [6.45, 7) is 2.56. The molecule has 0 aromatic carbocycles. The molecule has 0 spiro atoms. The lowest BCUT2D eigenvalue weighted by Crippen LogP contribution is -2.39. The van der Waals surface area contributed by atoms with Gasteiger partial charge in [-0.05, 0) is 13.3 Å². The third-order valence-electron chi connectivity index (χ3n) is 4.20. The number of hydrogen-bond donors (Lipinski definition) is 3. The van der Waals surface area contributed by atoms with Gasteiger partial charge in [0, 0.05) is 21.7 Å². The van der Waals surface area contributed by atoms with Crippen LogP contribution in [0.25, 0.3) is 4.83 Å². The predicted molar refractivity (Wildman–Crippen MR) is 95.3 cm³/mol. The van der Waals surface area contributed by atoms with Crippen molar-refractivity contribution in [2.24, 2.45) is 0 Å². The predicted octanol–water partition coefficient (Wildman–Crippen LogP) is 2.04. The maximum atomic E-state index is 10.7. The van der Waals surface area contributed by atoms with E-state index in [-0.39, 0.29) is 10.8 Å². The van der Waals surface area contributed by atoms with Crippen LogP contribution in [-0.4, -0.2) is 46.8 Å². The highest BCUT2D eigenvalue weighted by Gasteiger charge is 2.45. The third-order valence-corrected chi connectivity index (χ3v) is 7.37. The summed E-state index contributed by atoms with van der Waals surface area (Å²) >= 11 is 5.66. The number of imidazole rings is 1. The lowest BCUT2D eigenvalue weighted by Gasteiger charge is -2.30. The van der Waals surface area contributed by atoms with Gasteiger partial charge in [0.25, 0.3) is 0 Å². The molecular weight excluding hydrogens is 421 g/mol. The fourth-order valence-electron chi connectivity index (χ4n) is 2.86. The third kappa shape index (κ3) is 2.86. The van der Waals surface area contributed by atoms with Crippen LogP contribution < -0.4 is 5.32 Å². The Bertz CT molecular complexity index is 617. The van der Waals surface area contributed by atoms with Crippen LogP contribution in [0, 0.1) is 0 Å². The average Bonchev–Trinajstić information content (AvgIpc) is 3.13. The second kappa shape index (κ2) is 6.32. The smallest absolute Gasteiger partial charge is 0.119 e. The van der Waals surface area contributed by atoms with E-state index in [1.165, 1.54) is 0 Å². The number of nitrogens with one attached hydrogen (secondary N) is 1. The van der Waals surface area contributed by atoms with Gasteiger partial charge in [-0.15, -0.1) is 23.1 Å². The van der Waals surface area contributed by atoms with Crippen molar-refractivity contribution in [3.63, 3.8) is 0 Å². The summed E-state index contributed by atoms with van der Waals surface area (Å²) in [5.41, 5.74) is 0.867. The van der Waals surface area contributed by atoms with Gasteiger partial charge in [0.1, 0.15) is 17.3 Å². The van der Waals surface area contributed by atoms with E-state index in [1.54, 1.807) is 35.6 Å². The zero-order valence-electron chi connectivity index (χ0n) is 11.6. The summed E-state index contributed by atoms with van der Waals surface area (Å²) in [7, 11) is 0. The zero-order chi connectivity index (χ0) is 15.0. The molecule has 1 fully saturated rings. The molecule has 0 unspecified atom stereocenters. The Hall–Kier alpha value is 0.130. The van der Waals surface area contributed by atoms with Crippen molar-refractivity contribution in [3.8, 4) is 0 Å². The van der Waals surface area contributed by atoms with E-state index < -0.39 is 12.2 Å². The van der Waals surface area contributed by atoms with Crippen molar-refractivity contribution >= 4 is 50.5 Å². The minimum atomic E-state index is -0.594. The van der Waals surface area contributed by atoms with Crippen LogP contribution >= 0.6 is 45.7 Å². The van der Waals surface area contributed by atoms with Crippen LogP contribution in [0.1, 0.15) is 25.1 Å². The van der Waals surface area contributed by atoms with Crippen molar-refractivity contribution in [1.82, 2.24) is 14.7 Å². The van der Waals surface area contributed by atoms with Crippen LogP contribution in [0.3, 0.4) is 0 Å². The molecule has 1 saturated heterocycles. The molecule has 0 bridgehead atoms. The molecule has 8 heteroatoms. The lowest BCUT2D eigenvalue weighted by atomic mass is 9.96. The number of alkyl halides is 1.